The molecular formula is C23H18FNO5. The van der Waals surface area contributed by atoms with Gasteiger partial charge in [-0.1, -0.05) is 24.3 Å². The van der Waals surface area contributed by atoms with E-state index in [1.54, 1.807) is 42.5 Å². The first kappa shape index (κ1) is 20.7. The molecule has 30 heavy (non-hydrogen) atoms. The average molecular weight is 407 g/mol. The summed E-state index contributed by atoms with van der Waals surface area (Å²) in [6, 6.07) is 16.9. The molecular weight excluding hydrogens is 389 g/mol. The van der Waals surface area contributed by atoms with Crippen molar-refractivity contribution in [2.24, 2.45) is 0 Å². The average Bonchev–Trinajstić information content (AvgIpc) is 2.76. The van der Waals surface area contributed by atoms with E-state index in [1.807, 2.05) is 0 Å². The van der Waals surface area contributed by atoms with E-state index in [0.717, 1.165) is 5.56 Å². The molecule has 0 aromatic heterocycles. The van der Waals surface area contributed by atoms with E-state index >= 15 is 0 Å². The molecule has 0 aliphatic carbocycles. The SMILES string of the molecule is COc1ccc(/C=C/C(=O)c2ccccc2F)cc1OCc1ccc([N+](=O)[O-])cc1. The van der Waals surface area contributed by atoms with Crippen LogP contribution in [-0.4, -0.2) is 17.8 Å². The van der Waals surface area contributed by atoms with Gasteiger partial charge >= 0.3 is 0 Å². The monoisotopic (exact) mass is 407 g/mol. The van der Waals surface area contributed by atoms with Crippen LogP contribution in [0.3, 0.4) is 0 Å². The molecule has 7 heteroatoms. The minimum Gasteiger partial charge on any atom is -0.493 e. The van der Waals surface area contributed by atoms with E-state index in [4.69, 9.17) is 9.47 Å². The van der Waals surface area contributed by atoms with Crippen LogP contribution in [0.2, 0.25) is 0 Å². The smallest absolute Gasteiger partial charge is 0.269 e. The normalized spacial score (nSPS) is 10.7. The van der Waals surface area contributed by atoms with Gasteiger partial charge in [-0.25, -0.2) is 4.39 Å². The van der Waals surface area contributed by atoms with Gasteiger partial charge in [0.15, 0.2) is 17.3 Å². The fraction of sp³-hybridized carbons (Fsp3) is 0.0870. The number of methoxy groups -OCH3 is 1. The molecule has 0 atom stereocenters. The fourth-order valence-electron chi connectivity index (χ4n) is 2.71. The number of hydrogen-bond acceptors (Lipinski definition) is 5. The van der Waals surface area contributed by atoms with Gasteiger partial charge in [0, 0.05) is 12.1 Å². The maximum absolute atomic E-state index is 13.7. The van der Waals surface area contributed by atoms with Crippen molar-refractivity contribution in [3.8, 4) is 11.5 Å². The van der Waals surface area contributed by atoms with Crippen molar-refractivity contribution in [2.45, 2.75) is 6.61 Å². The molecule has 3 aromatic carbocycles. The third-order valence-electron chi connectivity index (χ3n) is 4.30. The highest BCUT2D eigenvalue weighted by Gasteiger charge is 2.09. The van der Waals surface area contributed by atoms with Crippen molar-refractivity contribution in [2.75, 3.05) is 7.11 Å². The second kappa shape index (κ2) is 9.47. The highest BCUT2D eigenvalue weighted by atomic mass is 19.1. The van der Waals surface area contributed by atoms with Crippen LogP contribution < -0.4 is 9.47 Å². The number of ether oxygens (including phenoxy) is 2. The minimum absolute atomic E-state index is 0.00276. The number of nitro groups is 1. The summed E-state index contributed by atoms with van der Waals surface area (Å²) >= 11 is 0. The van der Waals surface area contributed by atoms with E-state index < -0.39 is 16.5 Å². The van der Waals surface area contributed by atoms with Crippen molar-refractivity contribution in [1.29, 1.82) is 0 Å². The van der Waals surface area contributed by atoms with Gasteiger partial charge in [-0.2, -0.15) is 0 Å². The molecule has 6 nitrogen and oxygen atoms in total. The van der Waals surface area contributed by atoms with E-state index in [-0.39, 0.29) is 17.9 Å². The molecule has 0 unspecified atom stereocenters. The fourth-order valence-corrected chi connectivity index (χ4v) is 2.71. The summed E-state index contributed by atoms with van der Waals surface area (Å²) in [6.45, 7) is 0.176. The maximum Gasteiger partial charge on any atom is 0.269 e. The van der Waals surface area contributed by atoms with Crippen LogP contribution in [-0.2, 0) is 6.61 Å². The van der Waals surface area contributed by atoms with Crippen molar-refractivity contribution in [3.63, 3.8) is 0 Å². The lowest BCUT2D eigenvalue weighted by Crippen LogP contribution is -1.99. The lowest BCUT2D eigenvalue weighted by molar-refractivity contribution is -0.384. The molecule has 0 radical (unpaired) electrons. The third-order valence-corrected chi connectivity index (χ3v) is 4.30. The number of allylic oxidation sites excluding steroid dienone is 1. The van der Waals surface area contributed by atoms with Gasteiger partial charge in [0.2, 0.25) is 0 Å². The van der Waals surface area contributed by atoms with E-state index in [0.29, 0.717) is 17.1 Å². The van der Waals surface area contributed by atoms with E-state index in [9.17, 15) is 19.3 Å². The molecule has 152 valence electrons. The predicted octanol–water partition coefficient (Wildman–Crippen LogP) is 5.22. The molecule has 3 rings (SSSR count). The molecule has 3 aromatic rings. The van der Waals surface area contributed by atoms with Gasteiger partial charge in [0.25, 0.3) is 5.69 Å². The summed E-state index contributed by atoms with van der Waals surface area (Å²) < 4.78 is 24.8. The van der Waals surface area contributed by atoms with Crippen LogP contribution >= 0.6 is 0 Å². The molecule has 0 amide bonds. The van der Waals surface area contributed by atoms with Gasteiger partial charge < -0.3 is 9.47 Å². The zero-order valence-electron chi connectivity index (χ0n) is 16.1. The topological polar surface area (TPSA) is 78.7 Å². The van der Waals surface area contributed by atoms with Crippen LogP contribution in [0.1, 0.15) is 21.5 Å². The summed E-state index contributed by atoms with van der Waals surface area (Å²) in [4.78, 5) is 22.5. The quantitative estimate of drug-likeness (QED) is 0.221. The Kier molecular flexibility index (Phi) is 6.54. The van der Waals surface area contributed by atoms with Crippen LogP contribution in [0.25, 0.3) is 6.08 Å². The molecule has 0 spiro atoms. The second-order valence-corrected chi connectivity index (χ2v) is 6.30. The Labute approximate surface area is 172 Å². The van der Waals surface area contributed by atoms with Gasteiger partial charge in [0.1, 0.15) is 12.4 Å². The summed E-state index contributed by atoms with van der Waals surface area (Å²) in [5.74, 6) is -0.0860. The first-order valence-electron chi connectivity index (χ1n) is 8.99. The second-order valence-electron chi connectivity index (χ2n) is 6.30. The van der Waals surface area contributed by atoms with Crippen molar-refractivity contribution in [1.82, 2.24) is 0 Å². The number of rotatable bonds is 8. The number of carbonyl (C=O) groups excluding carboxylic acids is 1. The summed E-state index contributed by atoms with van der Waals surface area (Å²) in [7, 11) is 1.51. The number of non-ortho nitro benzene ring substituents is 1. The van der Waals surface area contributed by atoms with E-state index in [1.165, 1.54) is 43.5 Å². The Morgan fingerprint density at radius 1 is 1.07 bits per heavy atom. The molecule has 0 saturated carbocycles. The summed E-state index contributed by atoms with van der Waals surface area (Å²) in [5.41, 5.74) is 1.41. The first-order valence-corrected chi connectivity index (χ1v) is 8.99. The highest BCUT2D eigenvalue weighted by molar-refractivity contribution is 6.07. The zero-order valence-corrected chi connectivity index (χ0v) is 16.1. The number of ketones is 1. The van der Waals surface area contributed by atoms with Crippen LogP contribution in [0.15, 0.2) is 72.8 Å². The number of nitrogens with zero attached hydrogens (tertiary/aromatic N) is 1. The molecule has 0 aliphatic heterocycles. The molecule has 0 fully saturated rings. The number of halogens is 1. The zero-order chi connectivity index (χ0) is 21.5. The number of nitro benzene ring substituents is 1. The minimum atomic E-state index is -0.575. The highest BCUT2D eigenvalue weighted by Crippen LogP contribution is 2.29. The van der Waals surface area contributed by atoms with Gasteiger partial charge in [-0.15, -0.1) is 0 Å². The van der Waals surface area contributed by atoms with Gasteiger partial charge in [0.05, 0.1) is 17.6 Å². The van der Waals surface area contributed by atoms with Crippen molar-refractivity contribution in [3.05, 3.63) is 105 Å². The van der Waals surface area contributed by atoms with Crippen LogP contribution in [0, 0.1) is 15.9 Å². The number of benzene rings is 3. The lowest BCUT2D eigenvalue weighted by atomic mass is 10.1. The van der Waals surface area contributed by atoms with Crippen molar-refractivity contribution >= 4 is 17.5 Å². The first-order chi connectivity index (χ1) is 14.5. The molecule has 0 saturated heterocycles. The number of hydrogen-bond donors (Lipinski definition) is 0. The Hall–Kier alpha value is -4.00. The van der Waals surface area contributed by atoms with Crippen LogP contribution in [0.5, 0.6) is 11.5 Å². The Morgan fingerprint density at radius 2 is 1.80 bits per heavy atom. The molecule has 0 aliphatic rings. The Bertz CT molecular complexity index is 1090. The standard InChI is InChI=1S/C23H18FNO5/c1-29-22-13-9-16(8-12-21(26)19-4-2-3-5-20(19)24)14-23(22)30-15-17-6-10-18(11-7-17)25(27)28/h2-14H,15H2,1H3/b12-8+. The van der Waals surface area contributed by atoms with Gasteiger partial charge in [-0.3, -0.25) is 14.9 Å². The molecule has 0 heterocycles. The largest absolute Gasteiger partial charge is 0.493 e. The maximum atomic E-state index is 13.7. The molecule has 0 N–H and O–H groups in total. The lowest BCUT2D eigenvalue weighted by Gasteiger charge is -2.11. The number of carbonyl (C=O) groups is 1. The van der Waals surface area contributed by atoms with Crippen LogP contribution in [0.4, 0.5) is 10.1 Å². The van der Waals surface area contributed by atoms with E-state index in [2.05, 4.69) is 0 Å². The van der Waals surface area contributed by atoms with Gasteiger partial charge in [-0.05, 0) is 53.6 Å². The summed E-state index contributed by atoms with van der Waals surface area (Å²) in [5, 5.41) is 10.7. The van der Waals surface area contributed by atoms with Crippen molar-refractivity contribution < 1.29 is 23.6 Å². The Balaban J connectivity index is 1.74. The predicted molar refractivity (Wildman–Crippen MR) is 110 cm³/mol. The molecule has 0 bridgehead atoms. The summed E-state index contributed by atoms with van der Waals surface area (Å²) in [6.07, 6.45) is 2.85. The Morgan fingerprint density at radius 3 is 2.47 bits per heavy atom. The third kappa shape index (κ3) is 5.08.